The Hall–Kier alpha value is -0.830. The molecule has 4 saturated carbocycles. The lowest BCUT2D eigenvalue weighted by molar-refractivity contribution is -0.220. The smallest absolute Gasteiger partial charge is 0.306 e. The van der Waals surface area contributed by atoms with E-state index in [1.54, 1.807) is 5.57 Å². The molecule has 0 heterocycles. The molecule has 5 aliphatic carbocycles. The third kappa shape index (κ3) is 8.25. The number of esters is 1. The molecule has 0 aromatic carbocycles. The third-order valence-corrected chi connectivity index (χ3v) is 17.3. The van der Waals surface area contributed by atoms with E-state index in [9.17, 15) is 9.90 Å². The van der Waals surface area contributed by atoms with Gasteiger partial charge in [0.05, 0.1) is 6.10 Å². The van der Waals surface area contributed by atoms with E-state index in [4.69, 9.17) is 4.74 Å². The fraction of sp³-hybridized carbons (Fsp3) is 0.938. The first-order chi connectivity index (χ1) is 24.1. The van der Waals surface area contributed by atoms with Crippen LogP contribution in [0.25, 0.3) is 0 Å². The molecule has 51 heavy (non-hydrogen) atoms. The van der Waals surface area contributed by atoms with Crippen LogP contribution in [0, 0.1) is 50.2 Å². The van der Waals surface area contributed by atoms with Crippen LogP contribution in [0.15, 0.2) is 11.6 Å². The quantitative estimate of drug-likeness (QED) is 0.0929. The summed E-state index contributed by atoms with van der Waals surface area (Å²) in [5, 5.41) is 11.9. The molecule has 9 atom stereocenters. The van der Waals surface area contributed by atoms with Crippen LogP contribution in [0.5, 0.6) is 0 Å². The molecule has 0 aromatic rings. The van der Waals surface area contributed by atoms with Crippen molar-refractivity contribution in [2.75, 3.05) is 0 Å². The lowest BCUT2D eigenvalue weighted by Crippen LogP contribution is -2.66. The van der Waals surface area contributed by atoms with Gasteiger partial charge >= 0.3 is 5.97 Å². The zero-order chi connectivity index (χ0) is 37.1. The van der Waals surface area contributed by atoms with E-state index in [-0.39, 0.29) is 45.3 Å². The molecule has 0 saturated heterocycles. The van der Waals surface area contributed by atoms with Crippen LogP contribution in [0.4, 0.5) is 0 Å². The Bertz CT molecular complexity index is 1180. The molecular formula is C48H84O3. The van der Waals surface area contributed by atoms with Crippen LogP contribution < -0.4 is 0 Å². The SMILES string of the molecule is CCCCCCCCCCCCCCCCCC(=O)O[C@H]1CC[C@]2(C)[C@H]3CC=C4[C@@H]5CC(C)(C)CC[C@]5(C)[C@@H](O)C[C@@]4(C)[C@]3(C)CC[C@H]2C1(C)C. The number of aliphatic hydroxyl groups is 1. The fourth-order valence-electron chi connectivity index (χ4n) is 13.6. The van der Waals surface area contributed by atoms with Crippen molar-refractivity contribution in [3.63, 3.8) is 0 Å². The first kappa shape index (κ1) is 41.3. The van der Waals surface area contributed by atoms with Crippen molar-refractivity contribution >= 4 is 5.97 Å². The molecule has 5 aliphatic rings. The van der Waals surface area contributed by atoms with Crippen LogP contribution in [0.3, 0.4) is 0 Å². The fourth-order valence-corrected chi connectivity index (χ4v) is 13.6. The van der Waals surface area contributed by atoms with E-state index in [2.05, 4.69) is 68.4 Å². The van der Waals surface area contributed by atoms with Gasteiger partial charge in [-0.05, 0) is 104 Å². The summed E-state index contributed by atoms with van der Waals surface area (Å²) in [6.07, 6.45) is 33.5. The number of carbonyl (C=O) groups excluding carboxylic acids is 1. The summed E-state index contributed by atoms with van der Waals surface area (Å²) in [7, 11) is 0. The minimum absolute atomic E-state index is 0.0154. The van der Waals surface area contributed by atoms with Crippen molar-refractivity contribution in [3.05, 3.63) is 11.6 Å². The molecule has 3 nitrogen and oxygen atoms in total. The Morgan fingerprint density at radius 1 is 0.686 bits per heavy atom. The highest BCUT2D eigenvalue weighted by atomic mass is 16.5. The Morgan fingerprint density at radius 2 is 1.25 bits per heavy atom. The van der Waals surface area contributed by atoms with Crippen molar-refractivity contribution in [2.24, 2.45) is 50.2 Å². The molecule has 294 valence electrons. The second kappa shape index (κ2) is 16.5. The van der Waals surface area contributed by atoms with Crippen LogP contribution in [0.2, 0.25) is 0 Å². The highest BCUT2D eigenvalue weighted by Crippen LogP contribution is 2.75. The van der Waals surface area contributed by atoms with Gasteiger partial charge in [0, 0.05) is 17.3 Å². The van der Waals surface area contributed by atoms with Crippen molar-refractivity contribution in [1.82, 2.24) is 0 Å². The summed E-state index contributed by atoms with van der Waals surface area (Å²) in [6.45, 7) is 22.3. The lowest BCUT2D eigenvalue weighted by atomic mass is 9.33. The Balaban J connectivity index is 1.09. The number of hydrogen-bond acceptors (Lipinski definition) is 3. The molecule has 0 spiro atoms. The predicted molar refractivity (Wildman–Crippen MR) is 216 cm³/mol. The molecule has 1 N–H and O–H groups in total. The standard InChI is InChI=1S/C48H84O3/c1-10-11-12-13-14-15-16-17-18-19-20-21-22-23-24-25-42(50)51-41-29-30-46(7)38(44(41,4)5)28-31-47(8)39(46)27-26-36-37-34-43(2,3)32-33-45(37,6)40(49)35-48(36,47)9/h26,37-41,49H,10-25,27-35H2,1-9H3/t37-,38-,39+,40-,41-,45-,46-,47+,48+/m0/s1. The maximum absolute atomic E-state index is 13.2. The first-order valence-corrected chi connectivity index (χ1v) is 22.6. The average molecular weight is 709 g/mol. The van der Waals surface area contributed by atoms with E-state index in [1.165, 1.54) is 116 Å². The topological polar surface area (TPSA) is 46.5 Å². The molecule has 0 amide bonds. The van der Waals surface area contributed by atoms with Gasteiger partial charge in [0.25, 0.3) is 0 Å². The summed E-state index contributed by atoms with van der Waals surface area (Å²) >= 11 is 0. The van der Waals surface area contributed by atoms with Gasteiger partial charge in [-0.3, -0.25) is 4.79 Å². The van der Waals surface area contributed by atoms with E-state index >= 15 is 0 Å². The molecule has 3 heteroatoms. The summed E-state index contributed by atoms with van der Waals surface area (Å²) in [4.78, 5) is 13.2. The number of rotatable bonds is 17. The Kier molecular flexibility index (Phi) is 13.4. The maximum Gasteiger partial charge on any atom is 0.306 e. The second-order valence-electron chi connectivity index (χ2n) is 21.5. The second-order valence-corrected chi connectivity index (χ2v) is 21.5. The number of carbonyl (C=O) groups is 1. The molecule has 0 aliphatic heterocycles. The van der Waals surface area contributed by atoms with E-state index in [1.807, 2.05) is 0 Å². The van der Waals surface area contributed by atoms with Crippen LogP contribution in [0.1, 0.15) is 223 Å². The van der Waals surface area contributed by atoms with Crippen molar-refractivity contribution in [3.8, 4) is 0 Å². The molecule has 0 unspecified atom stereocenters. The number of fused-ring (bicyclic) bond motifs is 7. The maximum atomic E-state index is 13.2. The van der Waals surface area contributed by atoms with E-state index in [0.717, 1.165) is 38.5 Å². The van der Waals surface area contributed by atoms with Crippen LogP contribution in [-0.2, 0) is 9.53 Å². The average Bonchev–Trinajstić information content (AvgIpc) is 3.06. The molecular weight excluding hydrogens is 625 g/mol. The van der Waals surface area contributed by atoms with Gasteiger partial charge in [-0.25, -0.2) is 0 Å². The van der Waals surface area contributed by atoms with Crippen LogP contribution >= 0.6 is 0 Å². The minimum atomic E-state index is -0.224. The molecule has 4 fully saturated rings. The molecule has 0 bridgehead atoms. The molecule has 5 rings (SSSR count). The number of unbranched alkanes of at least 4 members (excludes halogenated alkanes) is 14. The van der Waals surface area contributed by atoms with Gasteiger partial charge in [-0.1, -0.05) is 164 Å². The van der Waals surface area contributed by atoms with Gasteiger partial charge in [-0.2, -0.15) is 0 Å². The van der Waals surface area contributed by atoms with Gasteiger partial charge in [0.2, 0.25) is 0 Å². The number of allylic oxidation sites excluding steroid dienone is 2. The number of aliphatic hydroxyl groups excluding tert-OH is 1. The minimum Gasteiger partial charge on any atom is -0.462 e. The van der Waals surface area contributed by atoms with Gasteiger partial charge in [0.1, 0.15) is 6.10 Å². The predicted octanol–water partition coefficient (Wildman–Crippen LogP) is 14.0. The summed E-state index contributed by atoms with van der Waals surface area (Å²) < 4.78 is 6.41. The summed E-state index contributed by atoms with van der Waals surface area (Å²) in [5.74, 6) is 1.68. The summed E-state index contributed by atoms with van der Waals surface area (Å²) in [5.41, 5.74) is 2.49. The summed E-state index contributed by atoms with van der Waals surface area (Å²) in [6, 6.07) is 0. The monoisotopic (exact) mass is 709 g/mol. The van der Waals surface area contributed by atoms with Gasteiger partial charge in [0.15, 0.2) is 0 Å². The zero-order valence-corrected chi connectivity index (χ0v) is 35.4. The highest BCUT2D eigenvalue weighted by molar-refractivity contribution is 5.69. The molecule has 0 aromatic heterocycles. The zero-order valence-electron chi connectivity index (χ0n) is 35.4. The van der Waals surface area contributed by atoms with Crippen LogP contribution in [-0.4, -0.2) is 23.3 Å². The third-order valence-electron chi connectivity index (χ3n) is 17.3. The Labute approximate surface area is 316 Å². The van der Waals surface area contributed by atoms with Crippen molar-refractivity contribution in [2.45, 2.75) is 235 Å². The van der Waals surface area contributed by atoms with Gasteiger partial charge < -0.3 is 9.84 Å². The number of ether oxygens (including phenoxy) is 1. The Morgan fingerprint density at radius 3 is 1.84 bits per heavy atom. The number of hydrogen-bond donors (Lipinski definition) is 1. The van der Waals surface area contributed by atoms with E-state index < -0.39 is 0 Å². The molecule has 0 radical (unpaired) electrons. The lowest BCUT2D eigenvalue weighted by Gasteiger charge is -2.72. The van der Waals surface area contributed by atoms with Gasteiger partial charge in [-0.15, -0.1) is 0 Å². The first-order valence-electron chi connectivity index (χ1n) is 22.6. The normalized spacial score (nSPS) is 39.6. The van der Waals surface area contributed by atoms with Crippen molar-refractivity contribution in [1.29, 1.82) is 0 Å². The highest BCUT2D eigenvalue weighted by Gasteiger charge is 2.69. The van der Waals surface area contributed by atoms with E-state index in [0.29, 0.717) is 29.6 Å². The largest absolute Gasteiger partial charge is 0.462 e. The van der Waals surface area contributed by atoms with Crippen molar-refractivity contribution < 1.29 is 14.6 Å².